The molecule has 0 aliphatic heterocycles. The van der Waals surface area contributed by atoms with Crippen LogP contribution in [-0.4, -0.2) is 17.9 Å². The van der Waals surface area contributed by atoms with Crippen LogP contribution in [0.25, 0.3) is 0 Å². The lowest BCUT2D eigenvalue weighted by atomic mass is 10.1. The summed E-state index contributed by atoms with van der Waals surface area (Å²) in [5.74, 6) is -0.214. The van der Waals surface area contributed by atoms with Gasteiger partial charge in [-0.3, -0.25) is 9.59 Å². The number of thiophene rings is 1. The summed E-state index contributed by atoms with van der Waals surface area (Å²) in [6.07, 6.45) is 4.29. The molecule has 7 heteroatoms. The van der Waals surface area contributed by atoms with Crippen molar-refractivity contribution in [2.75, 3.05) is 5.32 Å². The van der Waals surface area contributed by atoms with E-state index in [9.17, 15) is 9.59 Å². The highest BCUT2D eigenvalue weighted by atomic mass is 35.5. The summed E-state index contributed by atoms with van der Waals surface area (Å²) in [5.41, 5.74) is 7.93. The number of rotatable bonds is 5. The van der Waals surface area contributed by atoms with Gasteiger partial charge in [-0.05, 0) is 68.9 Å². The number of benzene rings is 1. The van der Waals surface area contributed by atoms with Crippen LogP contribution in [0.2, 0.25) is 5.02 Å². The van der Waals surface area contributed by atoms with Crippen molar-refractivity contribution in [3.05, 3.63) is 44.8 Å². The second-order valence-electron chi connectivity index (χ2n) is 6.79. The van der Waals surface area contributed by atoms with Crippen molar-refractivity contribution < 1.29 is 14.3 Å². The van der Waals surface area contributed by atoms with Gasteiger partial charge < -0.3 is 15.8 Å². The van der Waals surface area contributed by atoms with E-state index < -0.39 is 12.0 Å². The summed E-state index contributed by atoms with van der Waals surface area (Å²) in [6, 6.07) is 5.24. The van der Waals surface area contributed by atoms with Gasteiger partial charge in [0.05, 0.1) is 5.56 Å². The summed E-state index contributed by atoms with van der Waals surface area (Å²) >= 11 is 7.41. The number of halogens is 1. The smallest absolute Gasteiger partial charge is 0.265 e. The first-order valence-corrected chi connectivity index (χ1v) is 10.2. The molecule has 2 aromatic rings. The molecule has 0 spiro atoms. The molecule has 3 rings (SSSR count). The van der Waals surface area contributed by atoms with E-state index in [4.69, 9.17) is 22.1 Å². The third kappa shape index (κ3) is 4.45. The number of amides is 2. The molecule has 2 amide bonds. The largest absolute Gasteiger partial charge is 0.481 e. The second-order valence-corrected chi connectivity index (χ2v) is 8.33. The van der Waals surface area contributed by atoms with Crippen molar-refractivity contribution in [3.8, 4) is 5.75 Å². The van der Waals surface area contributed by atoms with Gasteiger partial charge in [0.2, 0.25) is 0 Å². The zero-order valence-electron chi connectivity index (χ0n) is 15.4. The fourth-order valence-electron chi connectivity index (χ4n) is 3.29. The summed E-state index contributed by atoms with van der Waals surface area (Å²) in [5, 5.41) is 3.99. The first kappa shape index (κ1) is 19.7. The minimum atomic E-state index is -0.729. The molecule has 0 saturated carbocycles. The molecule has 1 aliphatic carbocycles. The number of anilines is 1. The van der Waals surface area contributed by atoms with E-state index in [0.29, 0.717) is 21.3 Å². The van der Waals surface area contributed by atoms with Crippen molar-refractivity contribution in [1.82, 2.24) is 0 Å². The van der Waals surface area contributed by atoms with Crippen LogP contribution in [0, 0.1) is 6.92 Å². The molecular weight excluding hydrogens is 384 g/mol. The molecule has 27 heavy (non-hydrogen) atoms. The van der Waals surface area contributed by atoms with Gasteiger partial charge in [0.15, 0.2) is 6.10 Å². The van der Waals surface area contributed by atoms with Gasteiger partial charge in [-0.25, -0.2) is 0 Å². The van der Waals surface area contributed by atoms with E-state index in [1.807, 2.05) is 6.92 Å². The fraction of sp³-hybridized carbons (Fsp3) is 0.400. The number of ether oxygens (including phenoxy) is 1. The molecule has 0 saturated heterocycles. The normalized spacial score (nSPS) is 14.8. The average molecular weight is 407 g/mol. The molecule has 0 bridgehead atoms. The van der Waals surface area contributed by atoms with Crippen molar-refractivity contribution in [1.29, 1.82) is 0 Å². The summed E-state index contributed by atoms with van der Waals surface area (Å²) in [4.78, 5) is 25.8. The van der Waals surface area contributed by atoms with Crippen molar-refractivity contribution in [2.45, 2.75) is 52.1 Å². The first-order chi connectivity index (χ1) is 12.9. The lowest BCUT2D eigenvalue weighted by Crippen LogP contribution is -2.31. The predicted molar refractivity (Wildman–Crippen MR) is 109 cm³/mol. The summed E-state index contributed by atoms with van der Waals surface area (Å²) in [6.45, 7) is 3.54. The molecule has 0 radical (unpaired) electrons. The van der Waals surface area contributed by atoms with E-state index in [1.54, 1.807) is 25.1 Å². The van der Waals surface area contributed by atoms with Gasteiger partial charge >= 0.3 is 0 Å². The number of aryl methyl sites for hydroxylation is 2. The van der Waals surface area contributed by atoms with Crippen LogP contribution in [0.3, 0.4) is 0 Å². The highest BCUT2D eigenvalue weighted by molar-refractivity contribution is 7.17. The van der Waals surface area contributed by atoms with Gasteiger partial charge in [-0.15, -0.1) is 11.3 Å². The van der Waals surface area contributed by atoms with Gasteiger partial charge in [-0.2, -0.15) is 0 Å². The Labute approximate surface area is 167 Å². The number of primary amides is 1. The Kier molecular flexibility index (Phi) is 6.07. The predicted octanol–water partition coefficient (Wildman–Crippen LogP) is 4.48. The van der Waals surface area contributed by atoms with Crippen molar-refractivity contribution in [3.63, 3.8) is 0 Å². The molecule has 1 aliphatic rings. The number of nitrogens with two attached hydrogens (primary N) is 1. The monoisotopic (exact) mass is 406 g/mol. The lowest BCUT2D eigenvalue weighted by molar-refractivity contribution is -0.122. The molecule has 0 unspecified atom stereocenters. The topological polar surface area (TPSA) is 81.4 Å². The lowest BCUT2D eigenvalue weighted by Gasteiger charge is -2.16. The van der Waals surface area contributed by atoms with Crippen molar-refractivity contribution in [2.24, 2.45) is 5.73 Å². The molecule has 5 nitrogen and oxygen atoms in total. The highest BCUT2D eigenvalue weighted by Crippen LogP contribution is 2.37. The first-order valence-electron chi connectivity index (χ1n) is 9.05. The van der Waals surface area contributed by atoms with Crippen molar-refractivity contribution >= 4 is 39.8 Å². The summed E-state index contributed by atoms with van der Waals surface area (Å²) in [7, 11) is 0. The quantitative estimate of drug-likeness (QED) is 0.718. The molecule has 3 N–H and O–H groups in total. The van der Waals surface area contributed by atoms with Crippen LogP contribution in [0.4, 0.5) is 5.00 Å². The number of nitrogens with one attached hydrogen (secondary N) is 1. The van der Waals surface area contributed by atoms with Crippen LogP contribution < -0.4 is 15.8 Å². The SMILES string of the molecule is Cc1cc(Cl)ccc1O[C@H](C)C(=O)Nc1sc2c(c1C(N)=O)CCCCC2. The Bertz CT molecular complexity index is 878. The van der Waals surface area contributed by atoms with E-state index in [-0.39, 0.29) is 5.91 Å². The van der Waals surface area contributed by atoms with E-state index in [1.165, 1.54) is 11.3 Å². The Morgan fingerprint density at radius 1 is 1.26 bits per heavy atom. The average Bonchev–Trinajstić information content (AvgIpc) is 2.78. The van der Waals surface area contributed by atoms with Gasteiger partial charge in [0, 0.05) is 9.90 Å². The number of hydrogen-bond acceptors (Lipinski definition) is 4. The Morgan fingerprint density at radius 3 is 2.70 bits per heavy atom. The minimum absolute atomic E-state index is 0.316. The molecule has 1 heterocycles. The van der Waals surface area contributed by atoms with E-state index in [0.717, 1.165) is 48.1 Å². The molecule has 1 aromatic carbocycles. The number of carbonyl (C=O) groups excluding carboxylic acids is 2. The van der Waals surface area contributed by atoms with Crippen LogP contribution in [-0.2, 0) is 17.6 Å². The standard InChI is InChI=1S/C20H23ClN2O3S/c1-11-10-13(21)8-9-15(11)26-12(2)19(25)23-20-17(18(22)24)14-6-4-3-5-7-16(14)27-20/h8-10,12H,3-7H2,1-2H3,(H2,22,24)(H,23,25)/t12-/m1/s1. The fourth-order valence-corrected chi connectivity index (χ4v) is 4.82. The molecular formula is C20H23ClN2O3S. The van der Waals surface area contributed by atoms with Crippen LogP contribution in [0.15, 0.2) is 18.2 Å². The second kappa shape index (κ2) is 8.31. The molecule has 1 atom stereocenters. The number of fused-ring (bicyclic) bond motifs is 1. The Hall–Kier alpha value is -2.05. The minimum Gasteiger partial charge on any atom is -0.481 e. The highest BCUT2D eigenvalue weighted by Gasteiger charge is 2.26. The maximum atomic E-state index is 12.6. The van der Waals surface area contributed by atoms with Gasteiger partial charge in [-0.1, -0.05) is 18.0 Å². The van der Waals surface area contributed by atoms with Gasteiger partial charge in [0.1, 0.15) is 10.8 Å². The summed E-state index contributed by atoms with van der Waals surface area (Å²) < 4.78 is 5.77. The zero-order chi connectivity index (χ0) is 19.6. The Balaban J connectivity index is 1.78. The van der Waals surface area contributed by atoms with E-state index in [2.05, 4.69) is 5.32 Å². The van der Waals surface area contributed by atoms with Crippen LogP contribution >= 0.6 is 22.9 Å². The van der Waals surface area contributed by atoms with Gasteiger partial charge in [0.25, 0.3) is 11.8 Å². The van der Waals surface area contributed by atoms with Crippen LogP contribution in [0.1, 0.15) is 52.5 Å². The molecule has 1 aromatic heterocycles. The maximum absolute atomic E-state index is 12.6. The maximum Gasteiger partial charge on any atom is 0.265 e. The van der Waals surface area contributed by atoms with Crippen LogP contribution in [0.5, 0.6) is 5.75 Å². The number of carbonyl (C=O) groups is 2. The zero-order valence-corrected chi connectivity index (χ0v) is 17.0. The number of hydrogen-bond donors (Lipinski definition) is 2. The third-order valence-electron chi connectivity index (χ3n) is 4.71. The molecule has 0 fully saturated rings. The van der Waals surface area contributed by atoms with E-state index >= 15 is 0 Å². The third-order valence-corrected chi connectivity index (χ3v) is 6.16. The Morgan fingerprint density at radius 2 is 2.00 bits per heavy atom. The molecule has 144 valence electrons.